The highest BCUT2D eigenvalue weighted by Crippen LogP contribution is 2.33. The van der Waals surface area contributed by atoms with Crippen LogP contribution >= 0.6 is 15.9 Å². The van der Waals surface area contributed by atoms with Crippen LogP contribution in [0.3, 0.4) is 0 Å². The quantitative estimate of drug-likeness (QED) is 0.183. The van der Waals surface area contributed by atoms with Gasteiger partial charge in [-0.25, -0.2) is 4.98 Å². The number of halogens is 1. The molecule has 2 aromatic heterocycles. The van der Waals surface area contributed by atoms with Crippen molar-refractivity contribution in [1.29, 1.82) is 0 Å². The van der Waals surface area contributed by atoms with Gasteiger partial charge in [-0.15, -0.1) is 0 Å². The van der Waals surface area contributed by atoms with E-state index in [4.69, 9.17) is 9.98 Å². The first-order valence-electron chi connectivity index (χ1n) is 13.1. The van der Waals surface area contributed by atoms with E-state index >= 15 is 0 Å². The molecule has 0 aliphatic carbocycles. The van der Waals surface area contributed by atoms with Gasteiger partial charge in [-0.2, -0.15) is 0 Å². The number of pyridine rings is 1. The molecule has 3 nitrogen and oxygen atoms in total. The number of allylic oxidation sites excluding steroid dienone is 1. The summed E-state index contributed by atoms with van der Waals surface area (Å²) in [4.78, 5) is 9.86. The Balaban J connectivity index is 1.39. The number of benzene rings is 4. The topological polar surface area (TPSA) is 30.2 Å². The van der Waals surface area contributed by atoms with E-state index in [1.165, 1.54) is 10.9 Å². The van der Waals surface area contributed by atoms with Crippen LogP contribution < -0.4 is 0 Å². The Morgan fingerprint density at radius 2 is 1.51 bits per heavy atom. The van der Waals surface area contributed by atoms with E-state index in [-0.39, 0.29) is 5.92 Å². The fraction of sp³-hybridized carbons (Fsp3) is 0.0857. The second-order valence-corrected chi connectivity index (χ2v) is 10.6. The van der Waals surface area contributed by atoms with Crippen molar-refractivity contribution in [2.24, 2.45) is 4.99 Å². The fourth-order valence-electron chi connectivity index (χ4n) is 5.07. The van der Waals surface area contributed by atoms with Gasteiger partial charge in [0.25, 0.3) is 0 Å². The number of rotatable bonds is 6. The number of aliphatic imine (C=N–C) groups is 1. The monoisotopic (exact) mass is 569 g/mol. The standard InChI is InChI=1S/C35H28BrN3/c1-24(26-10-5-3-6-11-26)22-33(28-12-7-4-8-13-28)38-25(2)27-15-18-30(19-16-27)39-34-20-17-29(36)23-32(34)31-14-9-21-37-35(31)39/h3-24H,1-2H3/b33-22-,38-25?. The predicted octanol–water partition coefficient (Wildman–Crippen LogP) is 9.59. The van der Waals surface area contributed by atoms with E-state index in [0.29, 0.717) is 0 Å². The van der Waals surface area contributed by atoms with Crippen LogP contribution in [-0.4, -0.2) is 15.3 Å². The highest BCUT2D eigenvalue weighted by Gasteiger charge is 2.14. The minimum atomic E-state index is 0.239. The number of aromatic nitrogens is 2. The lowest BCUT2D eigenvalue weighted by Crippen LogP contribution is -2.00. The molecular formula is C35H28BrN3. The molecule has 0 aliphatic heterocycles. The lowest BCUT2D eigenvalue weighted by molar-refractivity contribution is 0.967. The molecule has 0 spiro atoms. The Hall–Kier alpha value is -4.28. The van der Waals surface area contributed by atoms with Crippen LogP contribution in [0.2, 0.25) is 0 Å². The van der Waals surface area contributed by atoms with Crippen molar-refractivity contribution in [3.05, 3.63) is 149 Å². The molecule has 0 aliphatic rings. The van der Waals surface area contributed by atoms with Crippen molar-refractivity contribution in [2.45, 2.75) is 19.8 Å². The van der Waals surface area contributed by atoms with Crippen molar-refractivity contribution < 1.29 is 0 Å². The van der Waals surface area contributed by atoms with Crippen molar-refractivity contribution in [1.82, 2.24) is 9.55 Å². The van der Waals surface area contributed by atoms with E-state index in [1.807, 2.05) is 18.3 Å². The predicted molar refractivity (Wildman–Crippen MR) is 168 cm³/mol. The van der Waals surface area contributed by atoms with E-state index in [0.717, 1.165) is 49.2 Å². The van der Waals surface area contributed by atoms with Crippen LogP contribution in [0.1, 0.15) is 36.5 Å². The first kappa shape index (κ1) is 25.0. The van der Waals surface area contributed by atoms with Gasteiger partial charge >= 0.3 is 0 Å². The summed E-state index contributed by atoms with van der Waals surface area (Å²) in [5.41, 5.74) is 8.58. The van der Waals surface area contributed by atoms with E-state index in [2.05, 4.69) is 144 Å². The Labute approximate surface area is 237 Å². The first-order chi connectivity index (χ1) is 19.1. The highest BCUT2D eigenvalue weighted by molar-refractivity contribution is 9.10. The van der Waals surface area contributed by atoms with Crippen LogP contribution in [0.15, 0.2) is 137 Å². The molecule has 6 rings (SSSR count). The fourth-order valence-corrected chi connectivity index (χ4v) is 5.43. The SMILES string of the molecule is CC(=N/C(=C\C(C)c1ccccc1)c1ccccc1)c1ccc(-n2c3ccc(Br)cc3c3cccnc32)cc1. The Morgan fingerprint density at radius 3 is 2.26 bits per heavy atom. The normalized spacial score (nSPS) is 13.2. The maximum Gasteiger partial charge on any atom is 0.145 e. The molecule has 0 saturated heterocycles. The van der Waals surface area contributed by atoms with Crippen molar-refractivity contribution in [3.63, 3.8) is 0 Å². The average molecular weight is 571 g/mol. The molecule has 1 atom stereocenters. The van der Waals surface area contributed by atoms with Gasteiger partial charge in [-0.05, 0) is 66.1 Å². The number of fused-ring (bicyclic) bond motifs is 3. The molecule has 4 heteroatoms. The summed E-state index contributed by atoms with van der Waals surface area (Å²) in [5, 5.41) is 2.32. The van der Waals surface area contributed by atoms with E-state index in [1.54, 1.807) is 0 Å². The Morgan fingerprint density at radius 1 is 0.795 bits per heavy atom. The molecule has 1 unspecified atom stereocenters. The molecule has 190 valence electrons. The molecule has 2 heterocycles. The maximum absolute atomic E-state index is 5.14. The largest absolute Gasteiger partial charge is 0.294 e. The van der Waals surface area contributed by atoms with Gasteiger partial charge in [-0.3, -0.25) is 9.56 Å². The zero-order valence-corrected chi connectivity index (χ0v) is 23.5. The molecule has 0 saturated carbocycles. The van der Waals surface area contributed by atoms with Gasteiger partial charge in [0.05, 0.1) is 11.2 Å². The molecule has 39 heavy (non-hydrogen) atoms. The van der Waals surface area contributed by atoms with Crippen molar-refractivity contribution in [3.8, 4) is 5.69 Å². The van der Waals surface area contributed by atoms with Crippen LogP contribution in [0.5, 0.6) is 0 Å². The van der Waals surface area contributed by atoms with Gasteiger partial charge in [0, 0.05) is 38.8 Å². The minimum absolute atomic E-state index is 0.239. The lowest BCUT2D eigenvalue weighted by atomic mass is 9.98. The molecule has 6 aromatic rings. The third-order valence-electron chi connectivity index (χ3n) is 7.12. The Kier molecular flexibility index (Phi) is 6.95. The third kappa shape index (κ3) is 5.08. The second-order valence-electron chi connectivity index (χ2n) is 9.73. The summed E-state index contributed by atoms with van der Waals surface area (Å²) in [5.74, 6) is 0.239. The highest BCUT2D eigenvalue weighted by atomic mass is 79.9. The van der Waals surface area contributed by atoms with Gasteiger partial charge in [0.2, 0.25) is 0 Å². The minimum Gasteiger partial charge on any atom is -0.294 e. The molecule has 4 aromatic carbocycles. The molecule has 0 amide bonds. The zero-order valence-electron chi connectivity index (χ0n) is 21.9. The van der Waals surface area contributed by atoms with Gasteiger partial charge < -0.3 is 0 Å². The smallest absolute Gasteiger partial charge is 0.145 e. The Bertz CT molecular complexity index is 1820. The molecular weight excluding hydrogens is 542 g/mol. The summed E-state index contributed by atoms with van der Waals surface area (Å²) in [6, 6.07) is 40.1. The first-order valence-corrected chi connectivity index (χ1v) is 13.9. The summed E-state index contributed by atoms with van der Waals surface area (Å²) in [7, 11) is 0. The van der Waals surface area contributed by atoms with E-state index < -0.39 is 0 Å². The summed E-state index contributed by atoms with van der Waals surface area (Å²) in [6.07, 6.45) is 4.11. The second kappa shape index (κ2) is 10.8. The van der Waals surface area contributed by atoms with Crippen LogP contribution in [0, 0.1) is 0 Å². The number of hydrogen-bond donors (Lipinski definition) is 0. The van der Waals surface area contributed by atoms with Gasteiger partial charge in [0.15, 0.2) is 0 Å². The van der Waals surface area contributed by atoms with Crippen LogP contribution in [-0.2, 0) is 0 Å². The summed E-state index contributed by atoms with van der Waals surface area (Å²) >= 11 is 3.63. The van der Waals surface area contributed by atoms with E-state index in [9.17, 15) is 0 Å². The molecule has 0 bridgehead atoms. The maximum atomic E-state index is 5.14. The van der Waals surface area contributed by atoms with Gasteiger partial charge in [-0.1, -0.05) is 102 Å². The lowest BCUT2D eigenvalue weighted by Gasteiger charge is -2.12. The number of nitrogens with zero attached hydrogens (tertiary/aromatic N) is 3. The third-order valence-corrected chi connectivity index (χ3v) is 7.62. The summed E-state index contributed by atoms with van der Waals surface area (Å²) < 4.78 is 3.29. The van der Waals surface area contributed by atoms with Gasteiger partial charge in [0.1, 0.15) is 5.65 Å². The molecule has 0 radical (unpaired) electrons. The zero-order chi connectivity index (χ0) is 26.8. The van der Waals surface area contributed by atoms with Crippen molar-refractivity contribution >= 4 is 49.3 Å². The van der Waals surface area contributed by atoms with Crippen LogP contribution in [0.4, 0.5) is 0 Å². The molecule has 0 fully saturated rings. The molecule has 0 N–H and O–H groups in total. The van der Waals surface area contributed by atoms with Crippen LogP contribution in [0.25, 0.3) is 33.3 Å². The summed E-state index contributed by atoms with van der Waals surface area (Å²) in [6.45, 7) is 4.30. The average Bonchev–Trinajstić information content (AvgIpc) is 3.31. The number of hydrogen-bond acceptors (Lipinski definition) is 2. The van der Waals surface area contributed by atoms with Crippen molar-refractivity contribution in [2.75, 3.05) is 0 Å².